The van der Waals surface area contributed by atoms with Gasteiger partial charge in [-0.3, -0.25) is 9.59 Å². The van der Waals surface area contributed by atoms with Crippen molar-refractivity contribution in [2.45, 2.75) is 124 Å². The van der Waals surface area contributed by atoms with Crippen LogP contribution in [0.15, 0.2) is 18.2 Å². The van der Waals surface area contributed by atoms with Gasteiger partial charge in [0, 0.05) is 0 Å². The topological polar surface area (TPSA) is 52.6 Å². The minimum atomic E-state index is -0.396. The molecule has 0 bridgehead atoms. The van der Waals surface area contributed by atoms with E-state index in [1.807, 2.05) is 26.0 Å². The van der Waals surface area contributed by atoms with Gasteiger partial charge in [0.25, 0.3) is 0 Å². The number of unbranched alkanes of at least 4 members (excludes halogenated alkanes) is 13. The van der Waals surface area contributed by atoms with Crippen LogP contribution in [0.5, 0.6) is 5.75 Å². The molecule has 1 aromatic rings. The Morgan fingerprint density at radius 3 is 1.75 bits per heavy atom. The lowest BCUT2D eigenvalue weighted by Gasteiger charge is -2.09. The molecule has 32 heavy (non-hydrogen) atoms. The van der Waals surface area contributed by atoms with Crippen molar-refractivity contribution in [3.8, 4) is 5.75 Å². The lowest BCUT2D eigenvalue weighted by Crippen LogP contribution is -2.13. The maximum absolute atomic E-state index is 12.0. The minimum absolute atomic E-state index is 0.0466. The molecule has 4 nitrogen and oxygen atoms in total. The van der Waals surface area contributed by atoms with Crippen LogP contribution in [-0.2, 0) is 14.3 Å². The van der Waals surface area contributed by atoms with Crippen molar-refractivity contribution < 1.29 is 19.1 Å². The summed E-state index contributed by atoms with van der Waals surface area (Å²) in [6.07, 6.45) is 18.4. The smallest absolute Gasteiger partial charge is 0.311 e. The molecule has 0 aliphatic heterocycles. The number of esters is 2. The SMILES string of the molecule is CCCCCCCCCCCCCCCCOC(=O)CCC(=O)Oc1cccc(C)c1C. The summed E-state index contributed by atoms with van der Waals surface area (Å²) in [5.74, 6) is -0.157. The van der Waals surface area contributed by atoms with Gasteiger partial charge in [0.2, 0.25) is 0 Å². The Balaban J connectivity index is 1.90. The molecule has 0 amide bonds. The van der Waals surface area contributed by atoms with Crippen molar-refractivity contribution in [1.29, 1.82) is 0 Å². The summed E-state index contributed by atoms with van der Waals surface area (Å²) in [5, 5.41) is 0. The van der Waals surface area contributed by atoms with Gasteiger partial charge in [-0.05, 0) is 37.5 Å². The molecule has 4 heteroatoms. The Kier molecular flexibility index (Phi) is 16.5. The fraction of sp³-hybridized carbons (Fsp3) is 0.714. The van der Waals surface area contributed by atoms with Gasteiger partial charge in [-0.2, -0.15) is 0 Å². The zero-order valence-corrected chi connectivity index (χ0v) is 20.9. The normalized spacial score (nSPS) is 10.8. The first-order chi connectivity index (χ1) is 15.5. The number of benzene rings is 1. The van der Waals surface area contributed by atoms with Crippen LogP contribution in [-0.4, -0.2) is 18.5 Å². The maximum atomic E-state index is 12.0. The summed E-state index contributed by atoms with van der Waals surface area (Å²) in [5.41, 5.74) is 2.02. The highest BCUT2D eigenvalue weighted by molar-refractivity contribution is 5.79. The Morgan fingerprint density at radius 2 is 1.19 bits per heavy atom. The first-order valence-corrected chi connectivity index (χ1v) is 13.0. The van der Waals surface area contributed by atoms with E-state index in [4.69, 9.17) is 9.47 Å². The lowest BCUT2D eigenvalue weighted by molar-refractivity contribution is -0.147. The van der Waals surface area contributed by atoms with Crippen molar-refractivity contribution in [2.24, 2.45) is 0 Å². The van der Waals surface area contributed by atoms with Gasteiger partial charge < -0.3 is 9.47 Å². The van der Waals surface area contributed by atoms with Crippen molar-refractivity contribution >= 4 is 11.9 Å². The largest absolute Gasteiger partial charge is 0.466 e. The van der Waals surface area contributed by atoms with Crippen molar-refractivity contribution in [1.82, 2.24) is 0 Å². The number of ether oxygens (including phenoxy) is 2. The molecular weight excluding hydrogens is 400 g/mol. The molecule has 0 spiro atoms. The highest BCUT2D eigenvalue weighted by Crippen LogP contribution is 2.21. The van der Waals surface area contributed by atoms with Gasteiger partial charge >= 0.3 is 11.9 Å². The molecule has 182 valence electrons. The average molecular weight is 447 g/mol. The summed E-state index contributed by atoms with van der Waals surface area (Å²) >= 11 is 0. The van der Waals surface area contributed by atoms with Crippen molar-refractivity contribution in [3.63, 3.8) is 0 Å². The molecule has 0 unspecified atom stereocenters. The molecule has 0 N–H and O–H groups in total. The summed E-state index contributed by atoms with van der Waals surface area (Å²) in [4.78, 5) is 23.8. The number of hydrogen-bond donors (Lipinski definition) is 0. The molecule has 0 saturated heterocycles. The molecule has 0 aliphatic rings. The summed E-state index contributed by atoms with van der Waals surface area (Å²) in [6.45, 7) is 6.61. The van der Waals surface area contributed by atoms with Gasteiger partial charge in [0.05, 0.1) is 19.4 Å². The molecule has 1 rings (SSSR count). The highest BCUT2D eigenvalue weighted by atomic mass is 16.5. The fourth-order valence-electron chi connectivity index (χ4n) is 3.77. The molecule has 0 aliphatic carbocycles. The highest BCUT2D eigenvalue weighted by Gasteiger charge is 2.12. The molecular formula is C28H46O4. The second-order valence-electron chi connectivity index (χ2n) is 8.99. The standard InChI is InChI=1S/C28H46O4/c1-4-5-6-7-8-9-10-11-12-13-14-15-16-17-23-31-27(29)21-22-28(30)32-26-20-18-19-24(2)25(26)3/h18-20H,4-17,21-23H2,1-3H3. The number of carbonyl (C=O) groups is 2. The maximum Gasteiger partial charge on any atom is 0.311 e. The molecule has 1 aromatic carbocycles. The monoisotopic (exact) mass is 446 g/mol. The molecule has 0 fully saturated rings. The Hall–Kier alpha value is -1.84. The third kappa shape index (κ3) is 14.3. The van der Waals surface area contributed by atoms with Gasteiger partial charge in [-0.25, -0.2) is 0 Å². The predicted molar refractivity (Wildman–Crippen MR) is 132 cm³/mol. The second kappa shape index (κ2) is 18.7. The van der Waals surface area contributed by atoms with E-state index >= 15 is 0 Å². The van der Waals surface area contributed by atoms with Crippen LogP contribution in [0.1, 0.15) is 121 Å². The predicted octanol–water partition coefficient (Wildman–Crippen LogP) is 8.01. The third-order valence-corrected chi connectivity index (χ3v) is 6.07. The van der Waals surface area contributed by atoms with E-state index in [2.05, 4.69) is 6.92 Å². The van der Waals surface area contributed by atoms with E-state index in [0.717, 1.165) is 24.0 Å². The van der Waals surface area contributed by atoms with E-state index in [9.17, 15) is 9.59 Å². The number of carbonyl (C=O) groups excluding carboxylic acids is 2. The third-order valence-electron chi connectivity index (χ3n) is 6.07. The minimum Gasteiger partial charge on any atom is -0.466 e. The van der Waals surface area contributed by atoms with Crippen molar-refractivity contribution in [3.05, 3.63) is 29.3 Å². The zero-order valence-electron chi connectivity index (χ0n) is 20.9. The lowest BCUT2D eigenvalue weighted by atomic mass is 10.0. The fourth-order valence-corrected chi connectivity index (χ4v) is 3.77. The average Bonchev–Trinajstić information content (AvgIpc) is 2.78. The van der Waals surface area contributed by atoms with Crippen LogP contribution in [0, 0.1) is 13.8 Å². The first-order valence-electron chi connectivity index (χ1n) is 13.0. The summed E-state index contributed by atoms with van der Waals surface area (Å²) < 4.78 is 10.6. The van der Waals surface area contributed by atoms with Crippen LogP contribution in [0.2, 0.25) is 0 Å². The summed E-state index contributed by atoms with van der Waals surface area (Å²) in [7, 11) is 0. The first kappa shape index (κ1) is 28.2. The van der Waals surface area contributed by atoms with Crippen LogP contribution >= 0.6 is 0 Å². The van der Waals surface area contributed by atoms with E-state index in [-0.39, 0.29) is 18.8 Å². The van der Waals surface area contributed by atoms with Gasteiger partial charge in [0.15, 0.2) is 0 Å². The van der Waals surface area contributed by atoms with Gasteiger partial charge in [-0.15, -0.1) is 0 Å². The van der Waals surface area contributed by atoms with Crippen LogP contribution in [0.4, 0.5) is 0 Å². The van der Waals surface area contributed by atoms with Crippen LogP contribution < -0.4 is 4.74 Å². The van der Waals surface area contributed by atoms with Crippen molar-refractivity contribution in [2.75, 3.05) is 6.61 Å². The number of hydrogen-bond acceptors (Lipinski definition) is 4. The Bertz CT molecular complexity index is 638. The van der Waals surface area contributed by atoms with E-state index in [0.29, 0.717) is 12.4 Å². The Labute approximate surface area is 196 Å². The number of rotatable bonds is 19. The van der Waals surface area contributed by atoms with Gasteiger partial charge in [0.1, 0.15) is 5.75 Å². The van der Waals surface area contributed by atoms with Crippen LogP contribution in [0.25, 0.3) is 0 Å². The molecule has 0 radical (unpaired) electrons. The molecule has 0 aromatic heterocycles. The zero-order chi connectivity index (χ0) is 23.4. The summed E-state index contributed by atoms with van der Waals surface area (Å²) in [6, 6.07) is 5.60. The molecule has 0 saturated carbocycles. The van der Waals surface area contributed by atoms with Crippen LogP contribution in [0.3, 0.4) is 0 Å². The molecule has 0 atom stereocenters. The quantitative estimate of drug-likeness (QED) is 0.123. The van der Waals surface area contributed by atoms with E-state index < -0.39 is 5.97 Å². The number of aryl methyl sites for hydroxylation is 1. The molecule has 0 heterocycles. The van der Waals surface area contributed by atoms with E-state index in [1.54, 1.807) is 6.07 Å². The Morgan fingerprint density at radius 1 is 0.688 bits per heavy atom. The van der Waals surface area contributed by atoms with E-state index in [1.165, 1.54) is 77.0 Å². The van der Waals surface area contributed by atoms with Gasteiger partial charge in [-0.1, -0.05) is 103 Å². The second-order valence-corrected chi connectivity index (χ2v) is 8.99.